The first-order chi connectivity index (χ1) is 17.0. The Bertz CT molecular complexity index is 1290. The molecule has 1 aromatic heterocycles. The highest BCUT2D eigenvalue weighted by atomic mass is 16.5. The van der Waals surface area contributed by atoms with Crippen molar-refractivity contribution in [2.24, 2.45) is 0 Å². The SMILES string of the molecule is COc1ccc(OC)c([C@H]2CCCN2C(=O)CN2C(=O)N[C@H](Cc3c[nH]c4ccccc34)C2=O)c1. The lowest BCUT2D eigenvalue weighted by molar-refractivity contribution is -0.138. The van der Waals surface area contributed by atoms with Crippen molar-refractivity contribution < 1.29 is 23.9 Å². The third-order valence-corrected chi connectivity index (χ3v) is 6.87. The number of rotatable bonds is 7. The van der Waals surface area contributed by atoms with Crippen molar-refractivity contribution in [2.45, 2.75) is 31.3 Å². The lowest BCUT2D eigenvalue weighted by Crippen LogP contribution is -2.43. The van der Waals surface area contributed by atoms with E-state index in [1.807, 2.05) is 48.7 Å². The van der Waals surface area contributed by atoms with Crippen molar-refractivity contribution in [1.82, 2.24) is 20.1 Å². The topological polar surface area (TPSA) is 104 Å². The van der Waals surface area contributed by atoms with Gasteiger partial charge in [-0.2, -0.15) is 0 Å². The average Bonchev–Trinajstić information content (AvgIpc) is 3.59. The number of urea groups is 1. The second kappa shape index (κ2) is 9.32. The monoisotopic (exact) mass is 476 g/mol. The summed E-state index contributed by atoms with van der Waals surface area (Å²) in [6.45, 7) is 0.254. The van der Waals surface area contributed by atoms with E-state index in [2.05, 4.69) is 10.3 Å². The van der Waals surface area contributed by atoms with Crippen LogP contribution in [0.1, 0.15) is 30.0 Å². The number of H-pyrrole nitrogens is 1. The minimum absolute atomic E-state index is 0.213. The lowest BCUT2D eigenvalue weighted by Gasteiger charge is -2.28. The summed E-state index contributed by atoms with van der Waals surface area (Å²) >= 11 is 0. The minimum Gasteiger partial charge on any atom is -0.497 e. The van der Waals surface area contributed by atoms with Crippen molar-refractivity contribution in [3.63, 3.8) is 0 Å². The van der Waals surface area contributed by atoms with E-state index in [4.69, 9.17) is 9.47 Å². The zero-order chi connectivity index (χ0) is 24.5. The number of aromatic amines is 1. The molecule has 2 atom stereocenters. The van der Waals surface area contributed by atoms with Gasteiger partial charge in [0.15, 0.2) is 0 Å². The highest BCUT2D eigenvalue weighted by molar-refractivity contribution is 6.06. The summed E-state index contributed by atoms with van der Waals surface area (Å²) in [4.78, 5) is 45.0. The molecule has 2 N–H and O–H groups in total. The molecule has 0 unspecified atom stereocenters. The summed E-state index contributed by atoms with van der Waals surface area (Å²) < 4.78 is 10.9. The Labute approximate surface area is 203 Å². The van der Waals surface area contributed by atoms with E-state index in [-0.39, 0.29) is 24.4 Å². The molecule has 5 rings (SSSR count). The molecular formula is C26H28N4O5. The van der Waals surface area contributed by atoms with Crippen molar-refractivity contribution in [1.29, 1.82) is 0 Å². The van der Waals surface area contributed by atoms with Gasteiger partial charge >= 0.3 is 6.03 Å². The van der Waals surface area contributed by atoms with Gasteiger partial charge in [0.05, 0.1) is 20.3 Å². The Hall–Kier alpha value is -4.01. The molecule has 4 amide bonds. The quantitative estimate of drug-likeness (QED) is 0.510. The maximum Gasteiger partial charge on any atom is 0.325 e. The van der Waals surface area contributed by atoms with Gasteiger partial charge in [-0.3, -0.25) is 14.5 Å². The van der Waals surface area contributed by atoms with Crippen molar-refractivity contribution >= 4 is 28.7 Å². The Morgan fingerprint density at radius 1 is 1.11 bits per heavy atom. The van der Waals surface area contributed by atoms with E-state index < -0.39 is 12.1 Å². The molecule has 2 aliphatic rings. The van der Waals surface area contributed by atoms with Gasteiger partial charge in [0, 0.05) is 35.6 Å². The van der Waals surface area contributed by atoms with E-state index in [0.29, 0.717) is 24.5 Å². The third-order valence-electron chi connectivity index (χ3n) is 6.87. The smallest absolute Gasteiger partial charge is 0.325 e. The molecule has 35 heavy (non-hydrogen) atoms. The third kappa shape index (κ3) is 4.18. The van der Waals surface area contributed by atoms with Crippen molar-refractivity contribution in [3.8, 4) is 11.5 Å². The van der Waals surface area contributed by atoms with Crippen LogP contribution in [0.3, 0.4) is 0 Å². The van der Waals surface area contributed by atoms with Gasteiger partial charge in [-0.1, -0.05) is 18.2 Å². The van der Waals surface area contributed by atoms with E-state index in [9.17, 15) is 14.4 Å². The number of hydrogen-bond acceptors (Lipinski definition) is 5. The van der Waals surface area contributed by atoms with Crippen LogP contribution in [0.2, 0.25) is 0 Å². The number of aromatic nitrogens is 1. The van der Waals surface area contributed by atoms with Gasteiger partial charge < -0.3 is 24.7 Å². The Morgan fingerprint density at radius 3 is 2.74 bits per heavy atom. The zero-order valence-electron chi connectivity index (χ0n) is 19.7. The van der Waals surface area contributed by atoms with Crippen LogP contribution in [0.4, 0.5) is 4.79 Å². The minimum atomic E-state index is -0.706. The lowest BCUT2D eigenvalue weighted by atomic mass is 10.0. The predicted molar refractivity (Wildman–Crippen MR) is 129 cm³/mol. The molecule has 2 aromatic carbocycles. The maximum absolute atomic E-state index is 13.3. The number of amides is 4. The molecule has 2 aliphatic heterocycles. The van der Waals surface area contributed by atoms with E-state index >= 15 is 0 Å². The number of benzene rings is 2. The average molecular weight is 477 g/mol. The highest BCUT2D eigenvalue weighted by Crippen LogP contribution is 2.39. The largest absolute Gasteiger partial charge is 0.497 e. The summed E-state index contributed by atoms with van der Waals surface area (Å²) in [6, 6.07) is 11.9. The second-order valence-corrected chi connectivity index (χ2v) is 8.84. The fourth-order valence-corrected chi connectivity index (χ4v) is 5.10. The first kappa shape index (κ1) is 22.8. The number of carbonyl (C=O) groups excluding carboxylic acids is 3. The molecule has 182 valence electrons. The van der Waals surface area contributed by atoms with Gasteiger partial charge in [0.25, 0.3) is 5.91 Å². The molecule has 3 heterocycles. The van der Waals surface area contributed by atoms with Gasteiger partial charge in [-0.15, -0.1) is 0 Å². The highest BCUT2D eigenvalue weighted by Gasteiger charge is 2.41. The summed E-state index contributed by atoms with van der Waals surface area (Å²) in [7, 11) is 3.18. The van der Waals surface area contributed by atoms with Gasteiger partial charge in [-0.05, 0) is 42.7 Å². The normalized spacial score (nSPS) is 19.9. The van der Waals surface area contributed by atoms with Crippen LogP contribution in [0.25, 0.3) is 10.9 Å². The number of ether oxygens (including phenoxy) is 2. The number of hydrogen-bond donors (Lipinski definition) is 2. The van der Waals surface area contributed by atoms with Gasteiger partial charge in [0.2, 0.25) is 5.91 Å². The fraction of sp³-hybridized carbons (Fsp3) is 0.346. The summed E-state index contributed by atoms with van der Waals surface area (Å²) in [5, 5.41) is 3.76. The molecule has 0 radical (unpaired) electrons. The van der Waals surface area contributed by atoms with Crippen LogP contribution < -0.4 is 14.8 Å². The first-order valence-electron chi connectivity index (χ1n) is 11.7. The molecular weight excluding hydrogens is 448 g/mol. The molecule has 9 heteroatoms. The molecule has 0 bridgehead atoms. The van der Waals surface area contributed by atoms with E-state index in [1.165, 1.54) is 0 Å². The molecule has 2 saturated heterocycles. The molecule has 0 saturated carbocycles. The van der Waals surface area contributed by atoms with Crippen molar-refractivity contribution in [3.05, 3.63) is 59.8 Å². The standard InChI is InChI=1S/C26H28N4O5/c1-34-17-9-10-23(35-2)19(13-17)22-8-5-11-29(22)24(31)15-30-25(32)21(28-26(30)33)12-16-14-27-20-7-4-3-6-18(16)20/h3-4,6-7,9-10,13-14,21-22,27H,5,8,11-12,15H2,1-2H3,(H,28,33)/t21-,22-/m1/s1. The van der Waals surface area contributed by atoms with Crippen LogP contribution in [0, 0.1) is 0 Å². The van der Waals surface area contributed by atoms with Crippen LogP contribution >= 0.6 is 0 Å². The Kier molecular flexibility index (Phi) is 6.07. The molecule has 3 aromatic rings. The molecule has 2 fully saturated rings. The van der Waals surface area contributed by atoms with Crippen molar-refractivity contribution in [2.75, 3.05) is 27.3 Å². The Balaban J connectivity index is 1.30. The van der Waals surface area contributed by atoms with Crippen LogP contribution in [-0.2, 0) is 16.0 Å². The number of methoxy groups -OCH3 is 2. The number of likely N-dealkylation sites (tertiary alicyclic amines) is 1. The van der Waals surface area contributed by atoms with Crippen LogP contribution in [0.5, 0.6) is 11.5 Å². The molecule has 0 aliphatic carbocycles. The number of nitrogens with one attached hydrogen (secondary N) is 2. The zero-order valence-corrected chi connectivity index (χ0v) is 19.7. The molecule has 0 spiro atoms. The van der Waals surface area contributed by atoms with Gasteiger partial charge in [0.1, 0.15) is 24.1 Å². The van der Waals surface area contributed by atoms with Gasteiger partial charge in [-0.25, -0.2) is 4.79 Å². The summed E-state index contributed by atoms with van der Waals surface area (Å²) in [5.41, 5.74) is 2.77. The first-order valence-corrected chi connectivity index (χ1v) is 11.7. The number of para-hydroxylation sites is 1. The number of carbonyl (C=O) groups is 3. The second-order valence-electron chi connectivity index (χ2n) is 8.84. The maximum atomic E-state index is 13.3. The fourth-order valence-electron chi connectivity index (χ4n) is 5.10. The number of imide groups is 1. The summed E-state index contributed by atoms with van der Waals surface area (Å²) in [6.07, 6.45) is 3.79. The number of fused-ring (bicyclic) bond motifs is 1. The van der Waals surface area contributed by atoms with Crippen LogP contribution in [0.15, 0.2) is 48.7 Å². The van der Waals surface area contributed by atoms with Crippen LogP contribution in [-0.4, -0.2) is 66.0 Å². The molecule has 9 nitrogen and oxygen atoms in total. The number of nitrogens with zero attached hydrogens (tertiary/aromatic N) is 2. The Morgan fingerprint density at radius 2 is 1.94 bits per heavy atom. The predicted octanol–water partition coefficient (Wildman–Crippen LogP) is 3.01. The van der Waals surface area contributed by atoms with E-state index in [0.717, 1.165) is 39.8 Å². The summed E-state index contributed by atoms with van der Waals surface area (Å²) in [5.74, 6) is 0.690. The van der Waals surface area contributed by atoms with E-state index in [1.54, 1.807) is 19.1 Å².